The van der Waals surface area contributed by atoms with Crippen LogP contribution >= 0.6 is 0 Å². The fourth-order valence-electron chi connectivity index (χ4n) is 2.06. The molecule has 0 saturated heterocycles. The third-order valence-corrected chi connectivity index (χ3v) is 3.01. The number of hydrogen-bond acceptors (Lipinski definition) is 3. The zero-order valence-corrected chi connectivity index (χ0v) is 11.8. The minimum Gasteiger partial charge on any atom is -0.373 e. The molecule has 0 spiro atoms. The van der Waals surface area contributed by atoms with Crippen molar-refractivity contribution in [1.29, 1.82) is 0 Å². The average molecular weight is 295 g/mol. The molecule has 0 aliphatic heterocycles. The first-order valence-corrected chi connectivity index (χ1v) is 6.68. The highest BCUT2D eigenvalue weighted by Crippen LogP contribution is 2.36. The Morgan fingerprint density at radius 3 is 2.48 bits per heavy atom. The van der Waals surface area contributed by atoms with E-state index in [4.69, 9.17) is 0 Å². The molecule has 0 unspecified atom stereocenters. The van der Waals surface area contributed by atoms with Gasteiger partial charge in [0, 0.05) is 24.4 Å². The molecule has 6 heteroatoms. The standard InChI is InChI=1S/C15H16F3N3/c1-3-6-10-9-13(19-2)21-14(20-10)11-7-4-5-8-12(11)15(16,17)18/h4-5,7-9H,3,6H2,1-2H3,(H,19,20,21). The molecule has 0 radical (unpaired) electrons. The lowest BCUT2D eigenvalue weighted by atomic mass is 10.1. The highest BCUT2D eigenvalue weighted by Gasteiger charge is 2.34. The lowest BCUT2D eigenvalue weighted by Gasteiger charge is -2.13. The Morgan fingerprint density at radius 1 is 1.14 bits per heavy atom. The van der Waals surface area contributed by atoms with Gasteiger partial charge in [-0.2, -0.15) is 13.2 Å². The van der Waals surface area contributed by atoms with Crippen LogP contribution in [0.2, 0.25) is 0 Å². The van der Waals surface area contributed by atoms with E-state index in [0.717, 1.165) is 18.2 Å². The molecule has 0 aliphatic carbocycles. The van der Waals surface area contributed by atoms with Crippen molar-refractivity contribution in [2.45, 2.75) is 25.9 Å². The van der Waals surface area contributed by atoms with Crippen LogP contribution in [0.3, 0.4) is 0 Å². The van der Waals surface area contributed by atoms with E-state index in [0.29, 0.717) is 12.2 Å². The van der Waals surface area contributed by atoms with Crippen LogP contribution in [0.25, 0.3) is 11.4 Å². The van der Waals surface area contributed by atoms with E-state index < -0.39 is 11.7 Å². The Bertz CT molecular complexity index is 624. The Balaban J connectivity index is 2.59. The van der Waals surface area contributed by atoms with Crippen molar-refractivity contribution < 1.29 is 13.2 Å². The molecule has 112 valence electrons. The fraction of sp³-hybridized carbons (Fsp3) is 0.333. The van der Waals surface area contributed by atoms with Gasteiger partial charge >= 0.3 is 6.18 Å². The zero-order chi connectivity index (χ0) is 15.5. The third-order valence-electron chi connectivity index (χ3n) is 3.01. The Morgan fingerprint density at radius 2 is 1.86 bits per heavy atom. The normalized spacial score (nSPS) is 11.5. The highest BCUT2D eigenvalue weighted by molar-refractivity contribution is 5.63. The van der Waals surface area contributed by atoms with Crippen molar-refractivity contribution in [1.82, 2.24) is 9.97 Å². The van der Waals surface area contributed by atoms with Gasteiger partial charge in [0.1, 0.15) is 5.82 Å². The number of aryl methyl sites for hydroxylation is 1. The smallest absolute Gasteiger partial charge is 0.373 e. The number of alkyl halides is 3. The van der Waals surface area contributed by atoms with Crippen molar-refractivity contribution >= 4 is 5.82 Å². The summed E-state index contributed by atoms with van der Waals surface area (Å²) in [6, 6.07) is 7.11. The molecule has 0 bridgehead atoms. The minimum absolute atomic E-state index is 0.000506. The maximum Gasteiger partial charge on any atom is 0.417 e. The number of hydrogen-bond donors (Lipinski definition) is 1. The number of halogens is 3. The number of rotatable bonds is 4. The Hall–Kier alpha value is -2.11. The molecule has 2 aromatic rings. The SMILES string of the molecule is CCCc1cc(NC)nc(-c2ccccc2C(F)(F)F)n1. The van der Waals surface area contributed by atoms with Crippen LogP contribution in [0, 0.1) is 0 Å². The third kappa shape index (κ3) is 3.51. The first-order chi connectivity index (χ1) is 9.95. The molecule has 0 amide bonds. The monoisotopic (exact) mass is 295 g/mol. The summed E-state index contributed by atoms with van der Waals surface area (Å²) in [5, 5.41) is 2.86. The fourth-order valence-corrected chi connectivity index (χ4v) is 2.06. The van der Waals surface area contributed by atoms with Crippen LogP contribution in [0.15, 0.2) is 30.3 Å². The van der Waals surface area contributed by atoms with Gasteiger partial charge < -0.3 is 5.32 Å². The first-order valence-electron chi connectivity index (χ1n) is 6.68. The molecule has 0 saturated carbocycles. The first kappa shape index (κ1) is 15.3. The second-order valence-corrected chi connectivity index (χ2v) is 4.61. The van der Waals surface area contributed by atoms with Gasteiger partial charge in [0.25, 0.3) is 0 Å². The van der Waals surface area contributed by atoms with E-state index in [1.165, 1.54) is 12.1 Å². The topological polar surface area (TPSA) is 37.8 Å². The van der Waals surface area contributed by atoms with Crippen LogP contribution in [-0.2, 0) is 12.6 Å². The molecule has 0 fully saturated rings. The van der Waals surface area contributed by atoms with E-state index in [9.17, 15) is 13.2 Å². The Labute approximate surface area is 121 Å². The maximum absolute atomic E-state index is 13.1. The van der Waals surface area contributed by atoms with Crippen LogP contribution in [0.4, 0.5) is 19.0 Å². The summed E-state index contributed by atoms with van der Waals surface area (Å²) < 4.78 is 39.3. The summed E-state index contributed by atoms with van der Waals surface area (Å²) >= 11 is 0. The van der Waals surface area contributed by atoms with E-state index in [2.05, 4.69) is 15.3 Å². The molecule has 21 heavy (non-hydrogen) atoms. The highest BCUT2D eigenvalue weighted by atomic mass is 19.4. The molecular formula is C15H16F3N3. The summed E-state index contributed by atoms with van der Waals surface area (Å²) in [4.78, 5) is 8.42. The summed E-state index contributed by atoms with van der Waals surface area (Å²) in [6.07, 6.45) is -2.88. The number of benzene rings is 1. The van der Waals surface area contributed by atoms with Gasteiger partial charge in [-0.1, -0.05) is 31.5 Å². The van der Waals surface area contributed by atoms with Gasteiger partial charge in [0.2, 0.25) is 0 Å². The van der Waals surface area contributed by atoms with Gasteiger partial charge in [-0.15, -0.1) is 0 Å². The van der Waals surface area contributed by atoms with Gasteiger partial charge in [0.15, 0.2) is 5.82 Å². The minimum atomic E-state index is -4.43. The Kier molecular flexibility index (Phi) is 4.45. The molecule has 2 rings (SSSR count). The largest absolute Gasteiger partial charge is 0.417 e. The molecule has 1 aromatic carbocycles. The van der Waals surface area contributed by atoms with E-state index in [1.807, 2.05) is 6.92 Å². The summed E-state index contributed by atoms with van der Waals surface area (Å²) in [5.41, 5.74) is 0.00369. The van der Waals surface area contributed by atoms with E-state index in [1.54, 1.807) is 19.2 Å². The van der Waals surface area contributed by atoms with Crippen LogP contribution < -0.4 is 5.32 Å². The van der Waals surface area contributed by atoms with Crippen LogP contribution in [-0.4, -0.2) is 17.0 Å². The summed E-state index contributed by atoms with van der Waals surface area (Å²) in [6.45, 7) is 1.99. The average Bonchev–Trinajstić information content (AvgIpc) is 2.46. The second-order valence-electron chi connectivity index (χ2n) is 4.61. The van der Waals surface area contributed by atoms with Gasteiger partial charge in [-0.25, -0.2) is 9.97 Å². The van der Waals surface area contributed by atoms with Crippen molar-refractivity contribution in [3.63, 3.8) is 0 Å². The van der Waals surface area contributed by atoms with Gasteiger partial charge in [-0.05, 0) is 12.5 Å². The second kappa shape index (κ2) is 6.11. The van der Waals surface area contributed by atoms with Gasteiger partial charge in [0.05, 0.1) is 5.56 Å². The molecule has 1 heterocycles. The van der Waals surface area contributed by atoms with E-state index in [-0.39, 0.29) is 11.4 Å². The molecule has 1 aromatic heterocycles. The lowest BCUT2D eigenvalue weighted by Crippen LogP contribution is -2.09. The number of nitrogens with one attached hydrogen (secondary N) is 1. The molecule has 0 aliphatic rings. The van der Waals surface area contributed by atoms with Crippen LogP contribution in [0.5, 0.6) is 0 Å². The molecule has 1 N–H and O–H groups in total. The van der Waals surface area contributed by atoms with Crippen LogP contribution in [0.1, 0.15) is 24.6 Å². The number of aromatic nitrogens is 2. The number of anilines is 1. The van der Waals surface area contributed by atoms with Crippen molar-refractivity contribution in [3.8, 4) is 11.4 Å². The summed E-state index contributed by atoms with van der Waals surface area (Å²) in [7, 11) is 1.68. The van der Waals surface area contributed by atoms with Gasteiger partial charge in [-0.3, -0.25) is 0 Å². The number of nitrogens with zero attached hydrogens (tertiary/aromatic N) is 2. The summed E-state index contributed by atoms with van der Waals surface area (Å²) in [5.74, 6) is 0.610. The maximum atomic E-state index is 13.1. The predicted molar refractivity (Wildman–Crippen MR) is 76.0 cm³/mol. The molecule has 3 nitrogen and oxygen atoms in total. The van der Waals surface area contributed by atoms with Crippen molar-refractivity contribution in [3.05, 3.63) is 41.6 Å². The predicted octanol–water partition coefficient (Wildman–Crippen LogP) is 4.16. The molecular weight excluding hydrogens is 279 g/mol. The lowest BCUT2D eigenvalue weighted by molar-refractivity contribution is -0.137. The zero-order valence-electron chi connectivity index (χ0n) is 11.8. The molecule has 0 atom stereocenters. The van der Waals surface area contributed by atoms with E-state index >= 15 is 0 Å². The van der Waals surface area contributed by atoms with Crippen molar-refractivity contribution in [2.75, 3.05) is 12.4 Å². The van der Waals surface area contributed by atoms with Crippen molar-refractivity contribution in [2.24, 2.45) is 0 Å². The quantitative estimate of drug-likeness (QED) is 0.920.